The van der Waals surface area contributed by atoms with Crippen molar-refractivity contribution >= 4 is 10.2 Å². The summed E-state index contributed by atoms with van der Waals surface area (Å²) in [7, 11) is -4.49. The second kappa shape index (κ2) is 5.26. The van der Waals surface area contributed by atoms with E-state index in [4.69, 9.17) is 0 Å². The predicted molar refractivity (Wildman–Crippen MR) is 58.7 cm³/mol. The molecule has 1 aromatic rings. The van der Waals surface area contributed by atoms with Crippen molar-refractivity contribution in [3.8, 4) is 0 Å². The Hall–Kier alpha value is -0.900. The molecule has 0 aromatic heterocycles. The van der Waals surface area contributed by atoms with Crippen LogP contribution in [-0.2, 0) is 10.2 Å². The SMILES string of the molecule is CCCCC(c1ccccc1)S(=O)(=O)F. The van der Waals surface area contributed by atoms with Gasteiger partial charge < -0.3 is 0 Å². The third-order valence-corrected chi connectivity index (χ3v) is 3.52. The molecular weight excluding hydrogens is 215 g/mol. The van der Waals surface area contributed by atoms with Crippen molar-refractivity contribution < 1.29 is 12.3 Å². The molecule has 1 unspecified atom stereocenters. The summed E-state index contributed by atoms with van der Waals surface area (Å²) in [6.07, 6.45) is 1.92. The van der Waals surface area contributed by atoms with E-state index in [-0.39, 0.29) is 0 Å². The lowest BCUT2D eigenvalue weighted by Crippen LogP contribution is -2.08. The molecule has 0 radical (unpaired) electrons. The molecule has 1 rings (SSSR count). The zero-order chi connectivity index (χ0) is 11.3. The van der Waals surface area contributed by atoms with Crippen molar-refractivity contribution in [1.82, 2.24) is 0 Å². The van der Waals surface area contributed by atoms with Crippen LogP contribution < -0.4 is 0 Å². The maximum Gasteiger partial charge on any atom is 0.309 e. The minimum atomic E-state index is -4.49. The van der Waals surface area contributed by atoms with E-state index in [2.05, 4.69) is 0 Å². The summed E-state index contributed by atoms with van der Waals surface area (Å²) in [4.78, 5) is 0. The van der Waals surface area contributed by atoms with Crippen LogP contribution >= 0.6 is 0 Å². The van der Waals surface area contributed by atoms with E-state index in [1.54, 1.807) is 30.3 Å². The molecule has 84 valence electrons. The third kappa shape index (κ3) is 3.63. The van der Waals surface area contributed by atoms with Crippen LogP contribution in [0.1, 0.15) is 37.0 Å². The maximum absolute atomic E-state index is 13.0. The van der Waals surface area contributed by atoms with Gasteiger partial charge in [0.1, 0.15) is 5.25 Å². The van der Waals surface area contributed by atoms with Gasteiger partial charge in [-0.25, -0.2) is 0 Å². The summed E-state index contributed by atoms with van der Waals surface area (Å²) in [5.41, 5.74) is 0.536. The molecule has 0 bridgehead atoms. The van der Waals surface area contributed by atoms with E-state index in [9.17, 15) is 12.3 Å². The monoisotopic (exact) mass is 230 g/mol. The fourth-order valence-corrected chi connectivity index (χ4v) is 2.46. The highest BCUT2D eigenvalue weighted by Gasteiger charge is 2.25. The van der Waals surface area contributed by atoms with E-state index < -0.39 is 15.5 Å². The van der Waals surface area contributed by atoms with Crippen molar-refractivity contribution in [3.05, 3.63) is 35.9 Å². The molecular formula is C11H15FO2S. The first-order valence-electron chi connectivity index (χ1n) is 5.04. The molecule has 15 heavy (non-hydrogen) atoms. The molecule has 0 aliphatic carbocycles. The van der Waals surface area contributed by atoms with Gasteiger partial charge in [-0.3, -0.25) is 0 Å². The van der Waals surface area contributed by atoms with Crippen LogP contribution in [0.3, 0.4) is 0 Å². The molecule has 2 nitrogen and oxygen atoms in total. The van der Waals surface area contributed by atoms with Crippen LogP contribution in [0.4, 0.5) is 3.89 Å². The Morgan fingerprint density at radius 1 is 1.27 bits per heavy atom. The highest BCUT2D eigenvalue weighted by atomic mass is 32.3. The Kier molecular flexibility index (Phi) is 4.27. The van der Waals surface area contributed by atoms with Gasteiger partial charge in [0.25, 0.3) is 0 Å². The number of unbranched alkanes of at least 4 members (excludes halogenated alkanes) is 1. The predicted octanol–water partition coefficient (Wildman–Crippen LogP) is 3.22. The lowest BCUT2D eigenvalue weighted by atomic mass is 10.1. The Morgan fingerprint density at radius 2 is 1.87 bits per heavy atom. The second-order valence-corrected chi connectivity index (χ2v) is 5.04. The Labute approximate surface area is 90.3 Å². The fourth-order valence-electron chi connectivity index (χ4n) is 1.53. The quantitative estimate of drug-likeness (QED) is 0.728. The Bertz CT molecular complexity index is 386. The number of hydrogen-bond donors (Lipinski definition) is 0. The van der Waals surface area contributed by atoms with Gasteiger partial charge in [-0.2, -0.15) is 8.42 Å². The summed E-state index contributed by atoms with van der Waals surface area (Å²) in [6.45, 7) is 1.95. The molecule has 0 saturated heterocycles. The number of rotatable bonds is 5. The van der Waals surface area contributed by atoms with Gasteiger partial charge >= 0.3 is 10.2 Å². The standard InChI is InChI=1S/C11H15FO2S/c1-2-3-9-11(15(12,13)14)10-7-5-4-6-8-10/h4-8,11H,2-3,9H2,1H3. The van der Waals surface area contributed by atoms with Crippen LogP contribution in [0, 0.1) is 0 Å². The van der Waals surface area contributed by atoms with E-state index >= 15 is 0 Å². The molecule has 1 atom stereocenters. The van der Waals surface area contributed by atoms with Gasteiger partial charge in [0.15, 0.2) is 0 Å². The van der Waals surface area contributed by atoms with Crippen molar-refractivity contribution in [3.63, 3.8) is 0 Å². The lowest BCUT2D eigenvalue weighted by molar-refractivity contribution is 0.525. The van der Waals surface area contributed by atoms with Crippen LogP contribution in [0.5, 0.6) is 0 Å². The Morgan fingerprint density at radius 3 is 2.33 bits per heavy atom. The molecule has 0 saturated carbocycles. The van der Waals surface area contributed by atoms with Crippen LogP contribution in [-0.4, -0.2) is 8.42 Å². The van der Waals surface area contributed by atoms with Gasteiger partial charge in [-0.05, 0) is 12.0 Å². The molecule has 0 amide bonds. The molecule has 0 heterocycles. The summed E-state index contributed by atoms with van der Waals surface area (Å²) in [6, 6.07) is 8.53. The highest BCUT2D eigenvalue weighted by Crippen LogP contribution is 2.28. The summed E-state index contributed by atoms with van der Waals surface area (Å²) >= 11 is 0. The zero-order valence-electron chi connectivity index (χ0n) is 8.69. The lowest BCUT2D eigenvalue weighted by Gasteiger charge is -2.12. The minimum absolute atomic E-state index is 0.347. The first-order chi connectivity index (χ1) is 7.05. The van der Waals surface area contributed by atoms with Crippen molar-refractivity contribution in [2.24, 2.45) is 0 Å². The normalized spacial score (nSPS) is 13.7. The first kappa shape index (κ1) is 12.2. The largest absolute Gasteiger partial charge is 0.309 e. The fraction of sp³-hybridized carbons (Fsp3) is 0.455. The Balaban J connectivity index is 2.92. The topological polar surface area (TPSA) is 34.1 Å². The van der Waals surface area contributed by atoms with Crippen molar-refractivity contribution in [1.29, 1.82) is 0 Å². The molecule has 1 aromatic carbocycles. The highest BCUT2D eigenvalue weighted by molar-refractivity contribution is 7.86. The van der Waals surface area contributed by atoms with E-state index in [0.717, 1.165) is 6.42 Å². The van der Waals surface area contributed by atoms with Gasteiger partial charge in [0.2, 0.25) is 0 Å². The molecule has 0 aliphatic rings. The first-order valence-corrected chi connectivity index (χ1v) is 6.48. The number of benzene rings is 1. The molecule has 0 spiro atoms. The minimum Gasteiger partial charge on any atom is -0.194 e. The van der Waals surface area contributed by atoms with Crippen LogP contribution in [0.15, 0.2) is 30.3 Å². The van der Waals surface area contributed by atoms with Gasteiger partial charge in [-0.1, -0.05) is 50.1 Å². The summed E-state index contributed by atoms with van der Waals surface area (Å²) < 4.78 is 35.0. The summed E-state index contributed by atoms with van der Waals surface area (Å²) in [5, 5.41) is -1.00. The smallest absolute Gasteiger partial charge is 0.194 e. The molecule has 0 fully saturated rings. The average Bonchev–Trinajstić information content (AvgIpc) is 2.18. The third-order valence-electron chi connectivity index (χ3n) is 2.33. The van der Waals surface area contributed by atoms with Crippen molar-refractivity contribution in [2.45, 2.75) is 31.4 Å². The van der Waals surface area contributed by atoms with E-state index in [1.807, 2.05) is 6.92 Å². The van der Waals surface area contributed by atoms with Crippen molar-refractivity contribution in [2.75, 3.05) is 0 Å². The van der Waals surface area contributed by atoms with Crippen LogP contribution in [0.25, 0.3) is 0 Å². The molecule has 0 aliphatic heterocycles. The van der Waals surface area contributed by atoms with Gasteiger partial charge in [0.05, 0.1) is 0 Å². The summed E-state index contributed by atoms with van der Waals surface area (Å²) in [5.74, 6) is 0. The van der Waals surface area contributed by atoms with E-state index in [1.165, 1.54) is 0 Å². The van der Waals surface area contributed by atoms with Gasteiger partial charge in [-0.15, -0.1) is 3.89 Å². The molecule has 0 N–H and O–H groups in total. The van der Waals surface area contributed by atoms with Crippen LogP contribution in [0.2, 0.25) is 0 Å². The maximum atomic E-state index is 13.0. The average molecular weight is 230 g/mol. The second-order valence-electron chi connectivity index (χ2n) is 3.52. The number of halogens is 1. The van der Waals surface area contributed by atoms with E-state index in [0.29, 0.717) is 18.4 Å². The zero-order valence-corrected chi connectivity index (χ0v) is 9.50. The molecule has 4 heteroatoms. The number of hydrogen-bond acceptors (Lipinski definition) is 2. The van der Waals surface area contributed by atoms with Gasteiger partial charge in [0, 0.05) is 0 Å².